The Kier molecular flexibility index (Phi) is 8.35. The van der Waals surface area contributed by atoms with Gasteiger partial charge >= 0.3 is 0 Å². The molecular formula is C25H31F2N3O4S. The lowest BCUT2D eigenvalue weighted by molar-refractivity contribution is -0.132. The number of carbonyl (C=O) groups is 1. The van der Waals surface area contributed by atoms with Crippen molar-refractivity contribution in [1.29, 1.82) is 0 Å². The van der Waals surface area contributed by atoms with E-state index in [4.69, 9.17) is 4.74 Å². The highest BCUT2D eigenvalue weighted by atomic mass is 32.2. The molecule has 0 aliphatic carbocycles. The molecule has 0 radical (unpaired) electrons. The molecule has 0 saturated carbocycles. The van der Waals surface area contributed by atoms with E-state index < -0.39 is 15.8 Å². The van der Waals surface area contributed by atoms with E-state index in [1.54, 1.807) is 23.1 Å². The van der Waals surface area contributed by atoms with Crippen LogP contribution in [0.25, 0.3) is 0 Å². The fourth-order valence-corrected chi connectivity index (χ4v) is 5.79. The average molecular weight is 508 g/mol. The molecule has 2 fully saturated rings. The van der Waals surface area contributed by atoms with Crippen molar-refractivity contribution in [3.8, 4) is 5.75 Å². The molecule has 0 bridgehead atoms. The number of ether oxygens (including phenoxy) is 1. The van der Waals surface area contributed by atoms with Gasteiger partial charge in [0.05, 0.1) is 4.90 Å². The van der Waals surface area contributed by atoms with Crippen LogP contribution in [0.1, 0.15) is 32.1 Å². The number of rotatable bonds is 8. The number of hydrogen-bond donors (Lipinski definition) is 1. The largest absolute Gasteiger partial charge is 0.487 e. The van der Waals surface area contributed by atoms with Gasteiger partial charge in [0.1, 0.15) is 11.9 Å². The van der Waals surface area contributed by atoms with Crippen LogP contribution in [0.5, 0.6) is 5.75 Å². The fourth-order valence-electron chi connectivity index (χ4n) is 4.73. The summed E-state index contributed by atoms with van der Waals surface area (Å²) < 4.78 is 59.9. The molecule has 0 unspecified atom stereocenters. The minimum absolute atomic E-state index is 0.000902. The molecule has 2 saturated heterocycles. The van der Waals surface area contributed by atoms with E-state index in [0.717, 1.165) is 44.8 Å². The first kappa shape index (κ1) is 25.5. The number of nitrogens with zero attached hydrogens (tertiary/aromatic N) is 2. The van der Waals surface area contributed by atoms with Gasteiger partial charge in [0, 0.05) is 45.2 Å². The van der Waals surface area contributed by atoms with E-state index in [1.165, 1.54) is 24.3 Å². The summed E-state index contributed by atoms with van der Waals surface area (Å²) in [5.41, 5.74) is 0. The topological polar surface area (TPSA) is 79.0 Å². The second-order valence-corrected chi connectivity index (χ2v) is 10.8. The lowest BCUT2D eigenvalue weighted by Gasteiger charge is -2.41. The van der Waals surface area contributed by atoms with Crippen LogP contribution >= 0.6 is 0 Å². The zero-order valence-electron chi connectivity index (χ0n) is 19.5. The number of halogens is 2. The number of carbonyl (C=O) groups excluding carboxylic acids is 1. The van der Waals surface area contributed by atoms with Crippen LogP contribution in [0, 0.1) is 11.6 Å². The van der Waals surface area contributed by atoms with Gasteiger partial charge in [-0.3, -0.25) is 9.69 Å². The maximum atomic E-state index is 13.8. The van der Waals surface area contributed by atoms with Gasteiger partial charge in [0.15, 0.2) is 11.6 Å². The third-order valence-corrected chi connectivity index (χ3v) is 8.14. The molecule has 4 rings (SSSR count). The summed E-state index contributed by atoms with van der Waals surface area (Å²) in [6.45, 7) is 2.98. The Labute approximate surface area is 205 Å². The fraction of sp³-hybridized carbons (Fsp3) is 0.480. The lowest BCUT2D eigenvalue weighted by atomic mass is 9.98. The molecule has 1 amide bonds. The quantitative estimate of drug-likeness (QED) is 0.594. The number of hydrogen-bond acceptors (Lipinski definition) is 5. The Morgan fingerprint density at radius 3 is 2.37 bits per heavy atom. The molecule has 7 nitrogen and oxygen atoms in total. The molecule has 0 aromatic heterocycles. The van der Waals surface area contributed by atoms with Crippen molar-refractivity contribution in [3.05, 3.63) is 60.2 Å². The van der Waals surface area contributed by atoms with Crippen LogP contribution in [0.3, 0.4) is 0 Å². The summed E-state index contributed by atoms with van der Waals surface area (Å²) in [7, 11) is -3.86. The zero-order valence-corrected chi connectivity index (χ0v) is 20.4. The monoisotopic (exact) mass is 507 g/mol. The van der Waals surface area contributed by atoms with Gasteiger partial charge in [-0.2, -0.15) is 0 Å². The molecular weight excluding hydrogens is 476 g/mol. The summed E-state index contributed by atoms with van der Waals surface area (Å²) in [5, 5.41) is 0. The van der Waals surface area contributed by atoms with Crippen LogP contribution in [0.2, 0.25) is 0 Å². The number of para-hydroxylation sites is 1. The predicted octanol–water partition coefficient (Wildman–Crippen LogP) is 3.17. The van der Waals surface area contributed by atoms with Gasteiger partial charge in [-0.05, 0) is 56.0 Å². The highest BCUT2D eigenvalue weighted by Gasteiger charge is 2.30. The van der Waals surface area contributed by atoms with Crippen molar-refractivity contribution < 1.29 is 26.7 Å². The number of sulfonamides is 1. The Morgan fingerprint density at radius 2 is 1.69 bits per heavy atom. The Balaban J connectivity index is 1.16. The summed E-state index contributed by atoms with van der Waals surface area (Å²) in [6, 6.07) is 11.6. The third-order valence-electron chi connectivity index (χ3n) is 6.68. The number of benzene rings is 2. The highest BCUT2D eigenvalue weighted by Crippen LogP contribution is 2.25. The maximum Gasteiger partial charge on any atom is 0.240 e. The minimum Gasteiger partial charge on any atom is -0.487 e. The van der Waals surface area contributed by atoms with E-state index in [2.05, 4.69) is 9.62 Å². The lowest BCUT2D eigenvalue weighted by Crippen LogP contribution is -2.50. The number of nitrogens with one attached hydrogen (secondary N) is 1. The van der Waals surface area contributed by atoms with Crippen LogP contribution in [0.15, 0.2) is 53.4 Å². The average Bonchev–Trinajstić information content (AvgIpc) is 2.86. The van der Waals surface area contributed by atoms with E-state index in [-0.39, 0.29) is 35.7 Å². The minimum atomic E-state index is -3.86. The molecule has 2 aliphatic heterocycles. The highest BCUT2D eigenvalue weighted by molar-refractivity contribution is 7.89. The summed E-state index contributed by atoms with van der Waals surface area (Å²) in [4.78, 5) is 16.6. The smallest absolute Gasteiger partial charge is 0.240 e. The molecule has 2 aromatic carbocycles. The summed E-state index contributed by atoms with van der Waals surface area (Å²) >= 11 is 0. The summed E-state index contributed by atoms with van der Waals surface area (Å²) in [6.07, 6.45) is 3.44. The molecule has 0 spiro atoms. The van der Waals surface area contributed by atoms with E-state index in [9.17, 15) is 22.0 Å². The molecule has 190 valence electrons. The Morgan fingerprint density at radius 1 is 0.971 bits per heavy atom. The molecule has 35 heavy (non-hydrogen) atoms. The first-order valence-corrected chi connectivity index (χ1v) is 13.5. The van der Waals surface area contributed by atoms with Crippen molar-refractivity contribution in [3.63, 3.8) is 0 Å². The Hall–Kier alpha value is -2.56. The second-order valence-electron chi connectivity index (χ2n) is 9.00. The summed E-state index contributed by atoms with van der Waals surface area (Å²) in [5.74, 6) is -0.763. The SMILES string of the molecule is O=C(CCNS(=O)(=O)c1cccc(F)c1)N1CCC(N2CCC(Oc3ccccc3F)CC2)CC1. The van der Waals surface area contributed by atoms with E-state index in [0.29, 0.717) is 24.9 Å². The van der Waals surface area contributed by atoms with Gasteiger partial charge in [-0.25, -0.2) is 21.9 Å². The molecule has 0 atom stereocenters. The zero-order chi connectivity index (χ0) is 24.8. The number of amides is 1. The Bertz CT molecular complexity index is 1120. The normalized spacial score (nSPS) is 18.5. The predicted molar refractivity (Wildman–Crippen MR) is 127 cm³/mol. The van der Waals surface area contributed by atoms with Crippen LogP contribution in [-0.4, -0.2) is 69.0 Å². The number of piperidine rings is 2. The van der Waals surface area contributed by atoms with Gasteiger partial charge in [0.25, 0.3) is 0 Å². The van der Waals surface area contributed by atoms with Gasteiger partial charge in [-0.1, -0.05) is 18.2 Å². The van der Waals surface area contributed by atoms with E-state index in [1.807, 2.05) is 0 Å². The van der Waals surface area contributed by atoms with Crippen LogP contribution in [-0.2, 0) is 14.8 Å². The first-order chi connectivity index (χ1) is 16.8. The molecule has 1 N–H and O–H groups in total. The number of likely N-dealkylation sites (tertiary alicyclic amines) is 2. The van der Waals surface area contributed by atoms with Gasteiger partial charge in [0.2, 0.25) is 15.9 Å². The van der Waals surface area contributed by atoms with Crippen molar-refractivity contribution in [2.24, 2.45) is 0 Å². The van der Waals surface area contributed by atoms with Crippen LogP contribution < -0.4 is 9.46 Å². The third kappa shape index (κ3) is 6.77. The van der Waals surface area contributed by atoms with Gasteiger partial charge in [-0.15, -0.1) is 0 Å². The molecule has 2 heterocycles. The molecule has 2 aromatic rings. The van der Waals surface area contributed by atoms with Crippen molar-refractivity contribution in [2.75, 3.05) is 32.7 Å². The van der Waals surface area contributed by atoms with Crippen molar-refractivity contribution in [1.82, 2.24) is 14.5 Å². The standard InChI is InChI=1S/C25H31F2N3O4S/c26-19-4-3-5-22(18-19)35(32,33)28-13-8-25(31)30-14-9-20(10-15-30)29-16-11-21(12-17-29)34-24-7-2-1-6-23(24)27/h1-7,18,20-21,28H,8-17H2. The second kappa shape index (κ2) is 11.5. The van der Waals surface area contributed by atoms with Gasteiger partial charge < -0.3 is 9.64 Å². The maximum absolute atomic E-state index is 13.8. The molecule has 2 aliphatic rings. The van der Waals surface area contributed by atoms with Crippen molar-refractivity contribution >= 4 is 15.9 Å². The van der Waals surface area contributed by atoms with E-state index >= 15 is 0 Å². The van der Waals surface area contributed by atoms with Crippen molar-refractivity contribution in [2.45, 2.75) is 49.1 Å². The van der Waals surface area contributed by atoms with Crippen LogP contribution in [0.4, 0.5) is 8.78 Å². The first-order valence-electron chi connectivity index (χ1n) is 12.0. The molecule has 10 heteroatoms.